The lowest BCUT2D eigenvalue weighted by atomic mass is 9.75. The third-order valence-electron chi connectivity index (χ3n) is 8.68. The summed E-state index contributed by atoms with van der Waals surface area (Å²) >= 11 is 3.51. The molecule has 2 aliphatic heterocycles. The molecule has 9 heteroatoms. The van der Waals surface area contributed by atoms with Crippen molar-refractivity contribution in [1.82, 2.24) is 25.2 Å². The molecule has 2 fully saturated rings. The van der Waals surface area contributed by atoms with Crippen LogP contribution in [-0.2, 0) is 11.2 Å². The van der Waals surface area contributed by atoms with Crippen LogP contribution in [0.2, 0.25) is 0 Å². The maximum absolute atomic E-state index is 13.5. The van der Waals surface area contributed by atoms with Gasteiger partial charge >= 0.3 is 0 Å². The summed E-state index contributed by atoms with van der Waals surface area (Å²) < 4.78 is 2.69. The highest BCUT2D eigenvalue weighted by molar-refractivity contribution is 9.10. The standard InChI is InChI=1S/C31H39BrN6O2/c1-20-6-8-25(29(39)33-27-12-15-37(30(27)40)24-7-9-26(32)21(2)17-24)28(16-20)38-18-23(34-35-38)11-14-36-13-10-22(3)31(4,5)19-36/h6-9,16-18,22,27H,10-15,19H2,1-5H3,(H,33,39). The van der Waals surface area contributed by atoms with Gasteiger partial charge in [-0.1, -0.05) is 48.0 Å². The molecule has 2 aliphatic rings. The molecule has 2 amide bonds. The molecule has 0 bridgehead atoms. The zero-order valence-corrected chi connectivity index (χ0v) is 25.7. The van der Waals surface area contributed by atoms with E-state index in [4.69, 9.17) is 0 Å². The second kappa shape index (κ2) is 11.4. The molecular weight excluding hydrogens is 568 g/mol. The predicted molar refractivity (Wildman–Crippen MR) is 161 cm³/mol. The summed E-state index contributed by atoms with van der Waals surface area (Å²) in [5.74, 6) is 0.342. The molecule has 2 unspecified atom stereocenters. The van der Waals surface area contributed by atoms with Crippen LogP contribution in [0.4, 0.5) is 5.69 Å². The van der Waals surface area contributed by atoms with Crippen LogP contribution < -0.4 is 10.2 Å². The van der Waals surface area contributed by atoms with Crippen molar-refractivity contribution in [3.63, 3.8) is 0 Å². The number of likely N-dealkylation sites (tertiary alicyclic amines) is 1. The maximum Gasteiger partial charge on any atom is 0.254 e. The minimum Gasteiger partial charge on any atom is -0.340 e. The van der Waals surface area contributed by atoms with Gasteiger partial charge in [0.1, 0.15) is 6.04 Å². The average molecular weight is 608 g/mol. The van der Waals surface area contributed by atoms with Gasteiger partial charge in [0.2, 0.25) is 5.91 Å². The van der Waals surface area contributed by atoms with Gasteiger partial charge in [-0.25, -0.2) is 4.68 Å². The predicted octanol–water partition coefficient (Wildman–Crippen LogP) is 5.09. The van der Waals surface area contributed by atoms with E-state index in [9.17, 15) is 9.59 Å². The van der Waals surface area contributed by atoms with E-state index in [0.29, 0.717) is 29.6 Å². The fourth-order valence-corrected chi connectivity index (χ4v) is 5.95. The van der Waals surface area contributed by atoms with Crippen molar-refractivity contribution in [1.29, 1.82) is 0 Å². The van der Waals surface area contributed by atoms with Crippen LogP contribution in [0.15, 0.2) is 47.1 Å². The first-order chi connectivity index (χ1) is 19.0. The Hall–Kier alpha value is -3.04. The lowest BCUT2D eigenvalue weighted by Gasteiger charge is -2.43. The van der Waals surface area contributed by atoms with E-state index >= 15 is 0 Å². The minimum absolute atomic E-state index is 0.0953. The van der Waals surface area contributed by atoms with Crippen LogP contribution in [0.3, 0.4) is 0 Å². The number of hydrogen-bond donors (Lipinski definition) is 1. The van der Waals surface area contributed by atoms with Crippen molar-refractivity contribution in [2.24, 2.45) is 11.3 Å². The fourth-order valence-electron chi connectivity index (χ4n) is 5.70. The first-order valence-corrected chi connectivity index (χ1v) is 14.9. The quantitative estimate of drug-likeness (QED) is 0.405. The number of piperidine rings is 1. The first-order valence-electron chi connectivity index (χ1n) is 14.1. The van der Waals surface area contributed by atoms with E-state index in [0.717, 1.165) is 59.0 Å². The number of rotatable bonds is 7. The molecule has 1 N–H and O–H groups in total. The topological polar surface area (TPSA) is 83.4 Å². The summed E-state index contributed by atoms with van der Waals surface area (Å²) in [4.78, 5) is 30.9. The highest BCUT2D eigenvalue weighted by atomic mass is 79.9. The van der Waals surface area contributed by atoms with Gasteiger partial charge in [0.15, 0.2) is 0 Å². The molecule has 1 aromatic heterocycles. The van der Waals surface area contributed by atoms with Gasteiger partial charge < -0.3 is 15.1 Å². The zero-order valence-electron chi connectivity index (χ0n) is 24.1. The van der Waals surface area contributed by atoms with Gasteiger partial charge in [-0.2, -0.15) is 0 Å². The summed E-state index contributed by atoms with van der Waals surface area (Å²) in [6.07, 6.45) is 4.49. The summed E-state index contributed by atoms with van der Waals surface area (Å²) in [5.41, 5.74) is 5.27. The van der Waals surface area contributed by atoms with Crippen molar-refractivity contribution in [3.05, 3.63) is 69.5 Å². The average Bonchev–Trinajstić information content (AvgIpc) is 3.53. The highest BCUT2D eigenvalue weighted by Gasteiger charge is 2.35. The molecule has 8 nitrogen and oxygen atoms in total. The molecule has 2 atom stereocenters. The van der Waals surface area contributed by atoms with Gasteiger partial charge in [0, 0.05) is 36.2 Å². The molecule has 0 radical (unpaired) electrons. The summed E-state index contributed by atoms with van der Waals surface area (Å²) in [6.45, 7) is 14.7. The Balaban J connectivity index is 1.27. The molecule has 3 aromatic rings. The smallest absolute Gasteiger partial charge is 0.254 e. The van der Waals surface area contributed by atoms with Gasteiger partial charge in [-0.15, -0.1) is 5.10 Å². The molecule has 40 heavy (non-hydrogen) atoms. The molecule has 0 aliphatic carbocycles. The van der Waals surface area contributed by atoms with Gasteiger partial charge in [-0.05, 0) is 86.0 Å². The van der Waals surface area contributed by atoms with E-state index in [1.165, 1.54) is 6.42 Å². The van der Waals surface area contributed by atoms with Gasteiger partial charge in [-0.3, -0.25) is 9.59 Å². The van der Waals surface area contributed by atoms with Crippen molar-refractivity contribution in [2.45, 2.75) is 59.9 Å². The van der Waals surface area contributed by atoms with E-state index in [1.54, 1.807) is 15.6 Å². The monoisotopic (exact) mass is 606 g/mol. The summed E-state index contributed by atoms with van der Waals surface area (Å²) in [6, 6.07) is 10.9. The van der Waals surface area contributed by atoms with Crippen LogP contribution in [0.5, 0.6) is 0 Å². The Bertz CT molecular complexity index is 1420. The molecule has 0 spiro atoms. The zero-order chi connectivity index (χ0) is 28.6. The summed E-state index contributed by atoms with van der Waals surface area (Å²) in [5, 5.41) is 11.8. The number of anilines is 1. The lowest BCUT2D eigenvalue weighted by Crippen LogP contribution is -2.45. The van der Waals surface area contributed by atoms with E-state index in [-0.39, 0.29) is 11.8 Å². The number of halogens is 1. The molecule has 2 aromatic carbocycles. The van der Waals surface area contributed by atoms with Gasteiger partial charge in [0.25, 0.3) is 5.91 Å². The normalized spacial score (nSPS) is 21.1. The number of aryl methyl sites for hydroxylation is 2. The van der Waals surface area contributed by atoms with E-state index in [1.807, 2.05) is 50.4 Å². The molecule has 5 rings (SSSR count). The summed E-state index contributed by atoms with van der Waals surface area (Å²) in [7, 11) is 0. The second-order valence-corrected chi connectivity index (χ2v) is 13.0. The number of carbonyl (C=O) groups is 2. The molecule has 0 saturated carbocycles. The van der Waals surface area contributed by atoms with Crippen LogP contribution in [0.1, 0.15) is 60.8 Å². The maximum atomic E-state index is 13.5. The largest absolute Gasteiger partial charge is 0.340 e. The Morgan fingerprint density at radius 1 is 1.12 bits per heavy atom. The minimum atomic E-state index is -0.576. The Morgan fingerprint density at radius 2 is 1.93 bits per heavy atom. The number of hydrogen-bond acceptors (Lipinski definition) is 5. The van der Waals surface area contributed by atoms with Crippen LogP contribution in [-0.4, -0.2) is 63.9 Å². The number of nitrogens with zero attached hydrogens (tertiary/aromatic N) is 5. The van der Waals surface area contributed by atoms with Crippen molar-refractivity contribution >= 4 is 33.4 Å². The van der Waals surface area contributed by atoms with Crippen LogP contribution in [0, 0.1) is 25.2 Å². The Morgan fingerprint density at radius 3 is 2.67 bits per heavy atom. The van der Waals surface area contributed by atoms with Crippen LogP contribution >= 0.6 is 15.9 Å². The third-order valence-corrected chi connectivity index (χ3v) is 9.57. The number of amides is 2. The van der Waals surface area contributed by atoms with E-state index in [2.05, 4.69) is 57.2 Å². The SMILES string of the molecule is Cc1ccc(C(=O)NC2CCN(c3ccc(Br)c(C)c3)C2=O)c(-n2cc(CCN3CCC(C)C(C)(C)C3)nn2)c1. The van der Waals surface area contributed by atoms with Crippen molar-refractivity contribution in [3.8, 4) is 5.69 Å². The number of aromatic nitrogens is 3. The fraction of sp³-hybridized carbons (Fsp3) is 0.484. The van der Waals surface area contributed by atoms with Crippen molar-refractivity contribution < 1.29 is 9.59 Å². The Kier molecular flexibility index (Phi) is 8.15. The lowest BCUT2D eigenvalue weighted by molar-refractivity contribution is -0.118. The van der Waals surface area contributed by atoms with Gasteiger partial charge in [0.05, 0.1) is 23.1 Å². The molecule has 212 valence electrons. The number of carbonyl (C=O) groups excluding carboxylic acids is 2. The van der Waals surface area contributed by atoms with E-state index < -0.39 is 6.04 Å². The third kappa shape index (κ3) is 6.00. The molecule has 2 saturated heterocycles. The second-order valence-electron chi connectivity index (χ2n) is 12.1. The highest BCUT2D eigenvalue weighted by Crippen LogP contribution is 2.34. The Labute approximate surface area is 245 Å². The first kappa shape index (κ1) is 28.5. The van der Waals surface area contributed by atoms with Crippen molar-refractivity contribution in [2.75, 3.05) is 31.1 Å². The van der Waals surface area contributed by atoms with Crippen LogP contribution in [0.25, 0.3) is 5.69 Å². The number of nitrogens with one attached hydrogen (secondary N) is 1. The molecule has 3 heterocycles. The number of benzene rings is 2. The molecular formula is C31H39BrN6O2.